The highest BCUT2D eigenvalue weighted by Crippen LogP contribution is 2.28. The van der Waals surface area contributed by atoms with Crippen molar-refractivity contribution >= 4 is 5.82 Å². The van der Waals surface area contributed by atoms with Crippen molar-refractivity contribution in [2.24, 2.45) is 0 Å². The molecule has 11 heteroatoms. The average molecular weight is 498 g/mol. The van der Waals surface area contributed by atoms with E-state index in [1.54, 1.807) is 6.07 Å². The number of nitrogens with zero attached hydrogens (tertiary/aromatic N) is 8. The zero-order valence-corrected chi connectivity index (χ0v) is 20.5. The van der Waals surface area contributed by atoms with Gasteiger partial charge in [0.25, 0.3) is 0 Å². The van der Waals surface area contributed by atoms with Crippen LogP contribution in [0.5, 0.6) is 0 Å². The van der Waals surface area contributed by atoms with Gasteiger partial charge in [-0.3, -0.25) is 0 Å². The number of hydrogen-bond acceptors (Lipinski definition) is 7. The number of tetrazole rings is 1. The maximum Gasteiger partial charge on any atom is 0.328 e. The Morgan fingerprint density at radius 2 is 1.76 bits per heavy atom. The number of nitro groups is 1. The number of H-pyrrole nitrogens is 1. The van der Waals surface area contributed by atoms with Crippen molar-refractivity contribution in [3.05, 3.63) is 99.6 Å². The first kappa shape index (κ1) is 24.0. The highest BCUT2D eigenvalue weighted by Gasteiger charge is 2.24. The average Bonchev–Trinajstić information content (AvgIpc) is 3.67. The fourth-order valence-electron chi connectivity index (χ4n) is 4.29. The van der Waals surface area contributed by atoms with Gasteiger partial charge in [-0.15, -0.1) is 10.2 Å². The van der Waals surface area contributed by atoms with Crippen LogP contribution in [-0.2, 0) is 25.8 Å². The van der Waals surface area contributed by atoms with Gasteiger partial charge in [0.15, 0.2) is 11.5 Å². The van der Waals surface area contributed by atoms with Gasteiger partial charge in [0.05, 0.1) is 6.54 Å². The number of aromatic nitrogens is 8. The Labute approximate surface area is 213 Å². The Kier molecular flexibility index (Phi) is 7.11. The first-order chi connectivity index (χ1) is 18.1. The topological polar surface area (TPSA) is 133 Å². The molecule has 188 valence electrons. The number of aromatic amines is 1. The van der Waals surface area contributed by atoms with E-state index >= 15 is 0 Å². The van der Waals surface area contributed by atoms with E-state index in [9.17, 15) is 10.1 Å². The van der Waals surface area contributed by atoms with Crippen molar-refractivity contribution in [2.45, 2.75) is 45.6 Å². The molecule has 0 aliphatic carbocycles. The number of benzene rings is 2. The SMILES string of the molecule is CCCCc1nc(CCc2ccccc2)nn1Cc1ccc(-n2c(-c3nn[nH]n3)ccc2[N+](=O)[O-])cc1. The molecule has 0 amide bonds. The summed E-state index contributed by atoms with van der Waals surface area (Å²) in [4.78, 5) is 16.1. The van der Waals surface area contributed by atoms with E-state index in [1.807, 2.05) is 47.1 Å². The Morgan fingerprint density at radius 1 is 0.946 bits per heavy atom. The van der Waals surface area contributed by atoms with Crippen LogP contribution in [0.4, 0.5) is 5.82 Å². The Hall–Kier alpha value is -4.67. The number of rotatable bonds is 11. The van der Waals surface area contributed by atoms with E-state index in [2.05, 4.69) is 39.7 Å². The number of nitrogens with one attached hydrogen (secondary N) is 1. The first-order valence-corrected chi connectivity index (χ1v) is 12.3. The van der Waals surface area contributed by atoms with Crippen LogP contribution in [0.2, 0.25) is 0 Å². The second kappa shape index (κ2) is 10.9. The number of hydrogen-bond donors (Lipinski definition) is 1. The summed E-state index contributed by atoms with van der Waals surface area (Å²) < 4.78 is 3.49. The molecule has 0 atom stereocenters. The highest BCUT2D eigenvalue weighted by atomic mass is 16.6. The van der Waals surface area contributed by atoms with Gasteiger partial charge in [0.2, 0.25) is 5.82 Å². The maximum atomic E-state index is 11.7. The molecule has 11 nitrogen and oxygen atoms in total. The molecule has 1 N–H and O–H groups in total. The molecule has 2 aromatic carbocycles. The largest absolute Gasteiger partial charge is 0.358 e. The molecule has 5 rings (SSSR count). The molecule has 0 saturated carbocycles. The summed E-state index contributed by atoms with van der Waals surface area (Å²) in [6, 6.07) is 21.0. The van der Waals surface area contributed by atoms with Crippen molar-refractivity contribution in [3.63, 3.8) is 0 Å². The van der Waals surface area contributed by atoms with E-state index in [0.717, 1.165) is 49.3 Å². The van der Waals surface area contributed by atoms with Crippen LogP contribution in [0.1, 0.15) is 42.5 Å². The van der Waals surface area contributed by atoms with Gasteiger partial charge < -0.3 is 10.1 Å². The smallest absolute Gasteiger partial charge is 0.328 e. The summed E-state index contributed by atoms with van der Waals surface area (Å²) >= 11 is 0. The molecule has 0 saturated heterocycles. The van der Waals surface area contributed by atoms with Gasteiger partial charge in [-0.1, -0.05) is 55.8 Å². The zero-order valence-electron chi connectivity index (χ0n) is 20.5. The molecule has 0 aliphatic heterocycles. The van der Waals surface area contributed by atoms with E-state index in [0.29, 0.717) is 17.9 Å². The molecule has 0 bridgehead atoms. The summed E-state index contributed by atoms with van der Waals surface area (Å²) in [7, 11) is 0. The molecule has 0 unspecified atom stereocenters. The van der Waals surface area contributed by atoms with Crippen LogP contribution in [0.15, 0.2) is 66.7 Å². The molecular formula is C26H27N9O2. The van der Waals surface area contributed by atoms with Crippen LogP contribution < -0.4 is 0 Å². The molecule has 0 fully saturated rings. The molecule has 5 aromatic rings. The van der Waals surface area contributed by atoms with E-state index in [4.69, 9.17) is 10.1 Å². The van der Waals surface area contributed by atoms with Crippen molar-refractivity contribution in [3.8, 4) is 17.2 Å². The second-order valence-electron chi connectivity index (χ2n) is 8.76. The minimum absolute atomic E-state index is 0.0752. The third-order valence-electron chi connectivity index (χ3n) is 6.17. The minimum Gasteiger partial charge on any atom is -0.358 e. The predicted octanol–water partition coefficient (Wildman–Crippen LogP) is 4.33. The van der Waals surface area contributed by atoms with Gasteiger partial charge in [-0.25, -0.2) is 9.67 Å². The van der Waals surface area contributed by atoms with Crippen LogP contribution in [0.25, 0.3) is 17.2 Å². The quantitative estimate of drug-likeness (QED) is 0.212. The fourth-order valence-corrected chi connectivity index (χ4v) is 4.29. The maximum absolute atomic E-state index is 11.7. The standard InChI is InChI=1S/C26H27N9O2/c1-2-3-9-24-27-23(16-12-19-7-5-4-6-8-19)30-33(24)18-20-10-13-21(14-11-20)34-22(26-28-31-32-29-26)15-17-25(34)35(36)37/h4-8,10-11,13-15,17H,2-3,9,12,16,18H2,1H3,(H,28,29,31,32). The molecule has 0 radical (unpaired) electrons. The van der Waals surface area contributed by atoms with Crippen LogP contribution >= 0.6 is 0 Å². The second-order valence-corrected chi connectivity index (χ2v) is 8.76. The summed E-state index contributed by atoms with van der Waals surface area (Å²) in [6.45, 7) is 2.74. The Morgan fingerprint density at radius 3 is 2.46 bits per heavy atom. The minimum atomic E-state index is -0.427. The van der Waals surface area contributed by atoms with E-state index in [-0.39, 0.29) is 11.6 Å². The van der Waals surface area contributed by atoms with Crippen LogP contribution in [0, 0.1) is 10.1 Å². The lowest BCUT2D eigenvalue weighted by atomic mass is 10.1. The third kappa shape index (κ3) is 5.45. The fraction of sp³-hybridized carbons (Fsp3) is 0.269. The normalized spacial score (nSPS) is 11.2. The number of aryl methyl sites for hydroxylation is 3. The van der Waals surface area contributed by atoms with Crippen LogP contribution in [-0.4, -0.2) is 44.9 Å². The Bertz CT molecular complexity index is 1460. The van der Waals surface area contributed by atoms with Gasteiger partial charge >= 0.3 is 5.82 Å². The van der Waals surface area contributed by atoms with Crippen molar-refractivity contribution < 1.29 is 4.92 Å². The van der Waals surface area contributed by atoms with E-state index in [1.165, 1.54) is 16.2 Å². The van der Waals surface area contributed by atoms with Gasteiger partial charge in [0.1, 0.15) is 11.5 Å². The summed E-state index contributed by atoms with van der Waals surface area (Å²) in [5, 5.41) is 30.4. The number of unbranched alkanes of at least 4 members (excludes halogenated alkanes) is 1. The lowest BCUT2D eigenvalue weighted by Crippen LogP contribution is -2.08. The molecule has 0 aliphatic rings. The molecule has 0 spiro atoms. The molecular weight excluding hydrogens is 470 g/mol. The molecule has 37 heavy (non-hydrogen) atoms. The first-order valence-electron chi connectivity index (χ1n) is 12.3. The van der Waals surface area contributed by atoms with Crippen molar-refractivity contribution in [1.29, 1.82) is 0 Å². The van der Waals surface area contributed by atoms with Crippen LogP contribution in [0.3, 0.4) is 0 Å². The third-order valence-corrected chi connectivity index (χ3v) is 6.17. The zero-order chi connectivity index (χ0) is 25.6. The highest BCUT2D eigenvalue weighted by molar-refractivity contribution is 5.60. The molecule has 3 aromatic heterocycles. The van der Waals surface area contributed by atoms with E-state index < -0.39 is 4.92 Å². The van der Waals surface area contributed by atoms with Gasteiger partial charge in [0, 0.05) is 18.9 Å². The summed E-state index contributed by atoms with van der Waals surface area (Å²) in [5.74, 6) is 2.03. The van der Waals surface area contributed by atoms with Gasteiger partial charge in [-0.2, -0.15) is 14.9 Å². The van der Waals surface area contributed by atoms with Gasteiger partial charge in [-0.05, 0) is 52.3 Å². The van der Waals surface area contributed by atoms with Crippen molar-refractivity contribution in [2.75, 3.05) is 0 Å². The predicted molar refractivity (Wildman–Crippen MR) is 137 cm³/mol. The Balaban J connectivity index is 1.38. The monoisotopic (exact) mass is 497 g/mol. The summed E-state index contributed by atoms with van der Waals surface area (Å²) in [5.41, 5.74) is 3.41. The lowest BCUT2D eigenvalue weighted by Gasteiger charge is -2.08. The van der Waals surface area contributed by atoms with Crippen molar-refractivity contribution in [1.82, 2.24) is 40.0 Å². The summed E-state index contributed by atoms with van der Waals surface area (Å²) in [6.07, 6.45) is 4.68. The lowest BCUT2D eigenvalue weighted by molar-refractivity contribution is -0.390. The molecule has 3 heterocycles.